The maximum absolute atomic E-state index is 9.10. The van der Waals surface area contributed by atoms with E-state index in [4.69, 9.17) is 5.11 Å². The summed E-state index contributed by atoms with van der Waals surface area (Å²) in [6.45, 7) is 2.33. The lowest BCUT2D eigenvalue weighted by Gasteiger charge is -2.26. The predicted octanol–water partition coefficient (Wildman–Crippen LogP) is 1.64. The average molecular weight is 209 g/mol. The summed E-state index contributed by atoms with van der Waals surface area (Å²) in [5, 5.41) is 13.2. The van der Waals surface area contributed by atoms with Gasteiger partial charge in [0.15, 0.2) is 0 Å². The molecule has 0 radical (unpaired) electrons. The Labute approximate surface area is 88.7 Å². The lowest BCUT2D eigenvalue weighted by atomic mass is 10.2. The lowest BCUT2D eigenvalue weighted by molar-refractivity contribution is 0.475. The number of benzene rings is 1. The maximum atomic E-state index is 9.10. The second-order valence-electron chi connectivity index (χ2n) is 3.57. The highest BCUT2D eigenvalue weighted by Crippen LogP contribution is 2.17. The van der Waals surface area contributed by atoms with Gasteiger partial charge in [-0.25, -0.2) is 0 Å². The Morgan fingerprint density at radius 3 is 2.57 bits per heavy atom. The van der Waals surface area contributed by atoms with E-state index in [0.29, 0.717) is 5.75 Å². The first kappa shape index (κ1) is 9.87. The average Bonchev–Trinajstić information content (AvgIpc) is 2.12. The van der Waals surface area contributed by atoms with E-state index >= 15 is 0 Å². The zero-order valence-corrected chi connectivity index (χ0v) is 8.89. The summed E-state index contributed by atoms with van der Waals surface area (Å²) in [5.74, 6) is 1.53. The molecule has 76 valence electrons. The smallest absolute Gasteiger partial charge is 0.115 e. The molecule has 0 atom stereocenters. The Hall–Kier alpha value is -0.670. The molecule has 1 aliphatic heterocycles. The Balaban J connectivity index is 1.71. The number of hydrogen-bond donors (Lipinski definition) is 2. The van der Waals surface area contributed by atoms with Gasteiger partial charge in [0, 0.05) is 18.3 Å². The fourth-order valence-electron chi connectivity index (χ4n) is 1.39. The van der Waals surface area contributed by atoms with Gasteiger partial charge in [0.25, 0.3) is 0 Å². The second kappa shape index (κ2) is 4.71. The highest BCUT2D eigenvalue weighted by molar-refractivity contribution is 8.00. The van der Waals surface area contributed by atoms with Crippen molar-refractivity contribution in [3.05, 3.63) is 29.8 Å². The summed E-state index contributed by atoms with van der Waals surface area (Å²) in [6, 6.07) is 7.50. The summed E-state index contributed by atoms with van der Waals surface area (Å²) in [6.07, 6.45) is 1.10. The molecule has 1 aliphatic rings. The summed E-state index contributed by atoms with van der Waals surface area (Å²) in [7, 11) is 0. The Kier molecular flexibility index (Phi) is 3.32. The highest BCUT2D eigenvalue weighted by Gasteiger charge is 2.15. The zero-order chi connectivity index (χ0) is 9.80. The zero-order valence-electron chi connectivity index (χ0n) is 8.07. The molecule has 0 unspecified atom stereocenters. The first-order valence-corrected chi connectivity index (χ1v) is 6.00. The number of thioether (sulfide) groups is 1. The van der Waals surface area contributed by atoms with E-state index in [1.807, 2.05) is 23.9 Å². The maximum Gasteiger partial charge on any atom is 0.115 e. The Morgan fingerprint density at radius 1 is 1.29 bits per heavy atom. The van der Waals surface area contributed by atoms with Crippen molar-refractivity contribution >= 4 is 11.8 Å². The van der Waals surface area contributed by atoms with Gasteiger partial charge in [0.1, 0.15) is 5.75 Å². The number of rotatable bonds is 4. The molecule has 0 spiro atoms. The van der Waals surface area contributed by atoms with E-state index in [2.05, 4.69) is 5.32 Å². The molecule has 2 N–H and O–H groups in total. The van der Waals surface area contributed by atoms with Crippen LogP contribution < -0.4 is 5.32 Å². The molecule has 1 heterocycles. The van der Waals surface area contributed by atoms with Crippen LogP contribution in [0.5, 0.6) is 5.75 Å². The van der Waals surface area contributed by atoms with Crippen LogP contribution in [0.15, 0.2) is 24.3 Å². The molecule has 3 heteroatoms. The van der Waals surface area contributed by atoms with Gasteiger partial charge < -0.3 is 10.4 Å². The molecule has 1 aromatic carbocycles. The summed E-state index contributed by atoms with van der Waals surface area (Å²) in [4.78, 5) is 0. The van der Waals surface area contributed by atoms with Crippen LogP contribution in [0.4, 0.5) is 0 Å². The van der Waals surface area contributed by atoms with Gasteiger partial charge in [0.05, 0.1) is 0 Å². The van der Waals surface area contributed by atoms with Gasteiger partial charge in [-0.1, -0.05) is 12.1 Å². The first-order chi connectivity index (χ1) is 6.84. The SMILES string of the molecule is Oc1ccc(CCSC2CNC2)cc1. The molecule has 1 aromatic rings. The van der Waals surface area contributed by atoms with E-state index in [1.54, 1.807) is 12.1 Å². The minimum absolute atomic E-state index is 0.351. The molecular formula is C11H15NOS. The minimum atomic E-state index is 0.351. The molecule has 0 aromatic heterocycles. The second-order valence-corrected chi connectivity index (χ2v) is 4.98. The molecule has 0 saturated carbocycles. The third-order valence-corrected chi connectivity index (χ3v) is 3.67. The largest absolute Gasteiger partial charge is 0.508 e. The number of phenols is 1. The van der Waals surface area contributed by atoms with Gasteiger partial charge in [-0.15, -0.1) is 0 Å². The highest BCUT2D eigenvalue weighted by atomic mass is 32.2. The van der Waals surface area contributed by atoms with Crippen LogP contribution in [0.25, 0.3) is 0 Å². The summed E-state index contributed by atoms with van der Waals surface area (Å²) < 4.78 is 0. The third-order valence-electron chi connectivity index (χ3n) is 2.42. The van der Waals surface area contributed by atoms with Crippen molar-refractivity contribution in [2.24, 2.45) is 0 Å². The first-order valence-electron chi connectivity index (χ1n) is 4.95. The Morgan fingerprint density at radius 2 is 2.00 bits per heavy atom. The lowest BCUT2D eigenvalue weighted by Crippen LogP contribution is -2.44. The van der Waals surface area contributed by atoms with Gasteiger partial charge in [-0.05, 0) is 29.9 Å². The molecule has 1 saturated heterocycles. The quantitative estimate of drug-likeness (QED) is 0.790. The monoisotopic (exact) mass is 209 g/mol. The van der Waals surface area contributed by atoms with E-state index < -0.39 is 0 Å². The normalized spacial score (nSPS) is 16.6. The fraction of sp³-hybridized carbons (Fsp3) is 0.455. The van der Waals surface area contributed by atoms with E-state index in [0.717, 1.165) is 11.7 Å². The summed E-state index contributed by atoms with van der Waals surface area (Å²) in [5.41, 5.74) is 1.31. The van der Waals surface area contributed by atoms with E-state index in [-0.39, 0.29) is 0 Å². The molecule has 0 amide bonds. The van der Waals surface area contributed by atoms with Crippen molar-refractivity contribution < 1.29 is 5.11 Å². The standard InChI is InChI=1S/C11H15NOS/c13-10-3-1-9(2-4-10)5-6-14-11-7-12-8-11/h1-4,11-13H,5-8H2. The molecule has 0 aliphatic carbocycles. The van der Waals surface area contributed by atoms with Crippen molar-refractivity contribution in [1.82, 2.24) is 5.32 Å². The van der Waals surface area contributed by atoms with Gasteiger partial charge in [0.2, 0.25) is 0 Å². The molecule has 14 heavy (non-hydrogen) atoms. The van der Waals surface area contributed by atoms with Crippen molar-refractivity contribution in [2.45, 2.75) is 11.7 Å². The van der Waals surface area contributed by atoms with Crippen molar-refractivity contribution in [3.63, 3.8) is 0 Å². The van der Waals surface area contributed by atoms with Crippen LogP contribution in [-0.2, 0) is 6.42 Å². The van der Waals surface area contributed by atoms with Crippen LogP contribution in [-0.4, -0.2) is 29.2 Å². The number of aromatic hydroxyl groups is 1. The van der Waals surface area contributed by atoms with E-state index in [1.165, 1.54) is 24.4 Å². The molecule has 2 rings (SSSR count). The number of phenolic OH excluding ortho intramolecular Hbond substituents is 1. The van der Waals surface area contributed by atoms with Crippen molar-refractivity contribution in [3.8, 4) is 5.75 Å². The molecule has 1 fully saturated rings. The van der Waals surface area contributed by atoms with Crippen LogP contribution in [0.3, 0.4) is 0 Å². The number of hydrogen-bond acceptors (Lipinski definition) is 3. The van der Waals surface area contributed by atoms with Crippen LogP contribution in [0.1, 0.15) is 5.56 Å². The molecule has 0 bridgehead atoms. The van der Waals surface area contributed by atoms with E-state index in [9.17, 15) is 0 Å². The van der Waals surface area contributed by atoms with Crippen LogP contribution in [0, 0.1) is 0 Å². The van der Waals surface area contributed by atoms with Crippen molar-refractivity contribution in [1.29, 1.82) is 0 Å². The number of nitrogens with one attached hydrogen (secondary N) is 1. The molecule has 2 nitrogen and oxygen atoms in total. The molecular weight excluding hydrogens is 194 g/mol. The predicted molar refractivity (Wildman–Crippen MR) is 60.9 cm³/mol. The fourth-order valence-corrected chi connectivity index (χ4v) is 2.54. The minimum Gasteiger partial charge on any atom is -0.508 e. The summed E-state index contributed by atoms with van der Waals surface area (Å²) >= 11 is 2.04. The van der Waals surface area contributed by atoms with Gasteiger partial charge in [-0.3, -0.25) is 0 Å². The van der Waals surface area contributed by atoms with Crippen LogP contribution in [0.2, 0.25) is 0 Å². The topological polar surface area (TPSA) is 32.3 Å². The Bertz CT molecular complexity index is 282. The third kappa shape index (κ3) is 2.66. The van der Waals surface area contributed by atoms with Gasteiger partial charge >= 0.3 is 0 Å². The number of aryl methyl sites for hydroxylation is 1. The van der Waals surface area contributed by atoms with Gasteiger partial charge in [-0.2, -0.15) is 11.8 Å². The van der Waals surface area contributed by atoms with Crippen LogP contribution >= 0.6 is 11.8 Å². The van der Waals surface area contributed by atoms with Crippen molar-refractivity contribution in [2.75, 3.05) is 18.8 Å².